The number of unbranched alkanes of at least 4 members (excludes halogenated alkanes) is 1. The molecule has 1 aliphatic carbocycles. The number of amides is 1. The Morgan fingerprint density at radius 2 is 1.85 bits per heavy atom. The molecule has 2 N–H and O–H groups in total. The minimum Gasteiger partial charge on any atom is -0.333 e. The van der Waals surface area contributed by atoms with Crippen LogP contribution in [0.2, 0.25) is 0 Å². The van der Waals surface area contributed by atoms with E-state index in [1.165, 1.54) is 0 Å². The predicted molar refractivity (Wildman–Crippen MR) is 72.0 cm³/mol. The minimum absolute atomic E-state index is 0.200. The molecule has 1 saturated carbocycles. The second-order valence-electron chi connectivity index (χ2n) is 5.68. The molecule has 0 aromatic heterocycles. The van der Waals surface area contributed by atoms with Gasteiger partial charge in [-0.05, 0) is 44.6 Å². The molecule has 0 aliphatic heterocycles. The third kappa shape index (κ3) is 5.69. The highest BCUT2D eigenvalue weighted by molar-refractivity contribution is 5.79. The molecule has 3 nitrogen and oxygen atoms in total. The number of hydrogen-bond donors (Lipinski definition) is 1. The first kappa shape index (κ1) is 17.3. The molecule has 0 heterocycles. The normalized spacial score (nSPS) is 23.6. The largest absolute Gasteiger partial charge is 0.406 e. The van der Waals surface area contributed by atoms with Crippen molar-refractivity contribution in [2.24, 2.45) is 17.6 Å². The standard InChI is InChI=1S/C14H25F3N2O/c1-2-3-8-19(10-14(15,16)17)13(20)12-6-4-11(9-18)5-7-12/h11-12H,2-10,18H2,1H3. The summed E-state index contributed by atoms with van der Waals surface area (Å²) in [5.41, 5.74) is 5.59. The molecule has 1 rings (SSSR count). The maximum atomic E-state index is 12.6. The molecule has 1 amide bonds. The molecule has 1 aliphatic rings. The van der Waals surface area contributed by atoms with E-state index in [0.29, 0.717) is 31.7 Å². The van der Waals surface area contributed by atoms with Crippen LogP contribution in [0.3, 0.4) is 0 Å². The molecular weight excluding hydrogens is 269 g/mol. The summed E-state index contributed by atoms with van der Waals surface area (Å²) in [6, 6.07) is 0. The first-order chi connectivity index (χ1) is 9.37. The topological polar surface area (TPSA) is 46.3 Å². The number of nitrogens with zero attached hydrogens (tertiary/aromatic N) is 1. The van der Waals surface area contributed by atoms with Gasteiger partial charge in [-0.2, -0.15) is 13.2 Å². The van der Waals surface area contributed by atoms with E-state index in [9.17, 15) is 18.0 Å². The van der Waals surface area contributed by atoms with Crippen LogP contribution in [0.5, 0.6) is 0 Å². The fourth-order valence-corrected chi connectivity index (χ4v) is 2.74. The quantitative estimate of drug-likeness (QED) is 0.818. The molecule has 1 fully saturated rings. The summed E-state index contributed by atoms with van der Waals surface area (Å²) in [4.78, 5) is 13.3. The zero-order chi connectivity index (χ0) is 15.2. The number of halogens is 3. The van der Waals surface area contributed by atoms with Crippen molar-refractivity contribution in [2.45, 2.75) is 51.6 Å². The van der Waals surface area contributed by atoms with Gasteiger partial charge in [0.1, 0.15) is 6.54 Å². The van der Waals surface area contributed by atoms with Crippen LogP contribution in [0, 0.1) is 11.8 Å². The van der Waals surface area contributed by atoms with Gasteiger partial charge >= 0.3 is 6.18 Å². The second-order valence-corrected chi connectivity index (χ2v) is 5.68. The van der Waals surface area contributed by atoms with E-state index in [-0.39, 0.29) is 18.4 Å². The van der Waals surface area contributed by atoms with Crippen molar-refractivity contribution < 1.29 is 18.0 Å². The van der Waals surface area contributed by atoms with E-state index in [1.807, 2.05) is 6.92 Å². The van der Waals surface area contributed by atoms with Crippen LogP contribution in [0.25, 0.3) is 0 Å². The molecule has 0 aromatic carbocycles. The summed E-state index contributed by atoms with van der Waals surface area (Å²) in [5.74, 6) is -0.158. The molecule has 0 spiro atoms. The third-order valence-electron chi connectivity index (χ3n) is 3.99. The molecule has 0 radical (unpaired) electrons. The molecule has 118 valence electrons. The lowest BCUT2D eigenvalue weighted by molar-refractivity contribution is -0.164. The Balaban J connectivity index is 2.58. The number of hydrogen-bond acceptors (Lipinski definition) is 2. The molecule has 0 aromatic rings. The van der Waals surface area contributed by atoms with Crippen molar-refractivity contribution in [1.29, 1.82) is 0 Å². The van der Waals surface area contributed by atoms with Crippen molar-refractivity contribution in [3.05, 3.63) is 0 Å². The van der Waals surface area contributed by atoms with E-state index in [1.54, 1.807) is 0 Å². The highest BCUT2D eigenvalue weighted by atomic mass is 19.4. The molecular formula is C14H25F3N2O. The summed E-state index contributed by atoms with van der Waals surface area (Å²) >= 11 is 0. The lowest BCUT2D eigenvalue weighted by Crippen LogP contribution is -2.43. The minimum atomic E-state index is -4.32. The van der Waals surface area contributed by atoms with Crippen LogP contribution in [0.1, 0.15) is 45.4 Å². The van der Waals surface area contributed by atoms with Crippen molar-refractivity contribution >= 4 is 5.91 Å². The highest BCUT2D eigenvalue weighted by Gasteiger charge is 2.36. The number of rotatable bonds is 6. The van der Waals surface area contributed by atoms with Gasteiger partial charge in [-0.15, -0.1) is 0 Å². The van der Waals surface area contributed by atoms with Crippen LogP contribution in [0.15, 0.2) is 0 Å². The van der Waals surface area contributed by atoms with Gasteiger partial charge in [0.05, 0.1) is 0 Å². The van der Waals surface area contributed by atoms with E-state index in [4.69, 9.17) is 5.73 Å². The molecule has 0 saturated heterocycles. The summed E-state index contributed by atoms with van der Waals surface area (Å²) in [6.07, 6.45) is 0.100. The van der Waals surface area contributed by atoms with Crippen molar-refractivity contribution in [3.63, 3.8) is 0 Å². The summed E-state index contributed by atoms with van der Waals surface area (Å²) in [6.45, 7) is 1.58. The maximum absolute atomic E-state index is 12.6. The van der Waals surface area contributed by atoms with Crippen LogP contribution in [-0.4, -0.2) is 36.6 Å². The molecule has 6 heteroatoms. The molecule has 20 heavy (non-hydrogen) atoms. The SMILES string of the molecule is CCCCN(CC(F)(F)F)C(=O)C1CCC(CN)CC1. The number of nitrogens with two attached hydrogens (primary N) is 1. The number of carbonyl (C=O) groups excluding carboxylic acids is 1. The fraction of sp³-hybridized carbons (Fsp3) is 0.929. The average Bonchev–Trinajstić information content (AvgIpc) is 2.41. The number of carbonyl (C=O) groups is 1. The Kier molecular flexibility index (Phi) is 6.79. The van der Waals surface area contributed by atoms with Gasteiger partial charge in [0, 0.05) is 12.5 Å². The van der Waals surface area contributed by atoms with Crippen molar-refractivity contribution in [3.8, 4) is 0 Å². The van der Waals surface area contributed by atoms with Gasteiger partial charge in [0.2, 0.25) is 5.91 Å². The first-order valence-corrected chi connectivity index (χ1v) is 7.43. The third-order valence-corrected chi connectivity index (χ3v) is 3.99. The average molecular weight is 294 g/mol. The Hall–Kier alpha value is -0.780. The van der Waals surface area contributed by atoms with E-state index >= 15 is 0 Å². The van der Waals surface area contributed by atoms with Crippen LogP contribution in [-0.2, 0) is 4.79 Å². The van der Waals surface area contributed by atoms with Crippen LogP contribution >= 0.6 is 0 Å². The van der Waals surface area contributed by atoms with Crippen LogP contribution in [0.4, 0.5) is 13.2 Å². The monoisotopic (exact) mass is 294 g/mol. The van der Waals surface area contributed by atoms with Crippen molar-refractivity contribution in [2.75, 3.05) is 19.6 Å². The van der Waals surface area contributed by atoms with Gasteiger partial charge < -0.3 is 10.6 Å². The zero-order valence-electron chi connectivity index (χ0n) is 12.1. The Labute approximate surface area is 118 Å². The van der Waals surface area contributed by atoms with E-state index in [2.05, 4.69) is 0 Å². The highest BCUT2D eigenvalue weighted by Crippen LogP contribution is 2.30. The first-order valence-electron chi connectivity index (χ1n) is 7.43. The molecule has 0 unspecified atom stereocenters. The second kappa shape index (κ2) is 7.86. The molecule has 0 atom stereocenters. The van der Waals surface area contributed by atoms with Gasteiger partial charge in [-0.3, -0.25) is 4.79 Å². The van der Waals surface area contributed by atoms with E-state index < -0.39 is 12.7 Å². The zero-order valence-corrected chi connectivity index (χ0v) is 12.1. The predicted octanol–water partition coefficient (Wildman–Crippen LogP) is 2.94. The fourth-order valence-electron chi connectivity index (χ4n) is 2.74. The van der Waals surface area contributed by atoms with Gasteiger partial charge in [-0.1, -0.05) is 13.3 Å². The van der Waals surface area contributed by atoms with E-state index in [0.717, 1.165) is 24.2 Å². The lowest BCUT2D eigenvalue weighted by Gasteiger charge is -2.32. The van der Waals surface area contributed by atoms with Gasteiger partial charge in [-0.25, -0.2) is 0 Å². The Morgan fingerprint density at radius 1 is 1.25 bits per heavy atom. The van der Waals surface area contributed by atoms with Crippen molar-refractivity contribution in [1.82, 2.24) is 4.90 Å². The van der Waals surface area contributed by atoms with Crippen LogP contribution < -0.4 is 5.73 Å². The Bertz CT molecular complexity index is 299. The smallest absolute Gasteiger partial charge is 0.333 e. The van der Waals surface area contributed by atoms with Gasteiger partial charge in [0.25, 0.3) is 0 Å². The Morgan fingerprint density at radius 3 is 2.30 bits per heavy atom. The molecule has 0 bridgehead atoms. The maximum Gasteiger partial charge on any atom is 0.406 e. The summed E-state index contributed by atoms with van der Waals surface area (Å²) in [5, 5.41) is 0. The summed E-state index contributed by atoms with van der Waals surface area (Å²) < 4.78 is 37.7. The van der Waals surface area contributed by atoms with Gasteiger partial charge in [0.15, 0.2) is 0 Å². The summed E-state index contributed by atoms with van der Waals surface area (Å²) in [7, 11) is 0. The number of alkyl halides is 3. The lowest BCUT2D eigenvalue weighted by atomic mass is 9.81.